The molecule has 2 N–H and O–H groups in total. The van der Waals surface area contributed by atoms with Gasteiger partial charge < -0.3 is 23.8 Å². The van der Waals surface area contributed by atoms with Crippen LogP contribution >= 0.6 is 0 Å². The van der Waals surface area contributed by atoms with Gasteiger partial charge in [0.2, 0.25) is 0 Å². The summed E-state index contributed by atoms with van der Waals surface area (Å²) in [6.07, 6.45) is 3.17. The Kier molecular flexibility index (Phi) is 6.39. The molecule has 0 aliphatic rings. The smallest absolute Gasteiger partial charge is 0.155 e. The van der Waals surface area contributed by atoms with Crippen LogP contribution < -0.4 is 4.74 Å². The van der Waals surface area contributed by atoms with E-state index in [1.165, 1.54) is 0 Å². The van der Waals surface area contributed by atoms with Crippen LogP contribution in [0.25, 0.3) is 33.1 Å². The molecule has 34 heavy (non-hydrogen) atoms. The van der Waals surface area contributed by atoms with E-state index in [2.05, 4.69) is 25.1 Å². The van der Waals surface area contributed by atoms with Crippen molar-refractivity contribution in [2.45, 2.75) is 38.9 Å². The number of aliphatic hydroxyl groups excluding tert-OH is 1. The minimum absolute atomic E-state index is 0.195. The second kappa shape index (κ2) is 9.75. The summed E-state index contributed by atoms with van der Waals surface area (Å²) in [4.78, 5) is 0. The van der Waals surface area contributed by atoms with E-state index in [1.807, 2.05) is 54.8 Å². The van der Waals surface area contributed by atoms with Crippen LogP contribution in [0.3, 0.4) is 0 Å². The molecule has 0 amide bonds. The zero-order valence-corrected chi connectivity index (χ0v) is 19.2. The molecule has 5 heteroatoms. The van der Waals surface area contributed by atoms with Crippen LogP contribution in [0.1, 0.15) is 30.2 Å². The summed E-state index contributed by atoms with van der Waals surface area (Å²) in [6.45, 7) is 2.64. The molecule has 0 bridgehead atoms. The molecule has 0 fully saturated rings. The van der Waals surface area contributed by atoms with Gasteiger partial charge in [0, 0.05) is 34.7 Å². The number of aryl methyl sites for hydroxylation is 1. The van der Waals surface area contributed by atoms with Gasteiger partial charge in [0.25, 0.3) is 0 Å². The van der Waals surface area contributed by atoms with E-state index in [-0.39, 0.29) is 6.42 Å². The molecular formula is C29H28O5. The van der Waals surface area contributed by atoms with Crippen molar-refractivity contribution in [3.8, 4) is 16.9 Å². The summed E-state index contributed by atoms with van der Waals surface area (Å²) in [5, 5.41) is 20.5. The molecule has 0 saturated carbocycles. The van der Waals surface area contributed by atoms with Crippen molar-refractivity contribution in [2.75, 3.05) is 6.61 Å². The van der Waals surface area contributed by atoms with Gasteiger partial charge in [-0.25, -0.2) is 0 Å². The van der Waals surface area contributed by atoms with Crippen LogP contribution in [-0.4, -0.2) is 23.1 Å². The van der Waals surface area contributed by atoms with Gasteiger partial charge in [0.15, 0.2) is 6.29 Å². The minimum atomic E-state index is -1.36. The number of fused-ring (bicyclic) bond motifs is 2. The van der Waals surface area contributed by atoms with E-state index >= 15 is 0 Å². The predicted octanol–water partition coefficient (Wildman–Crippen LogP) is 6.27. The summed E-state index contributed by atoms with van der Waals surface area (Å²) in [6, 6.07) is 22.0. The molecule has 174 valence electrons. The van der Waals surface area contributed by atoms with Crippen LogP contribution in [0.2, 0.25) is 0 Å². The van der Waals surface area contributed by atoms with E-state index in [4.69, 9.17) is 13.6 Å². The number of hydrogen-bond donors (Lipinski definition) is 2. The first-order valence-corrected chi connectivity index (χ1v) is 11.7. The highest BCUT2D eigenvalue weighted by atomic mass is 16.5. The maximum atomic E-state index is 9.20. The van der Waals surface area contributed by atoms with Gasteiger partial charge in [0.1, 0.15) is 22.7 Å². The van der Waals surface area contributed by atoms with Crippen molar-refractivity contribution in [3.05, 3.63) is 89.9 Å². The molecule has 0 aliphatic carbocycles. The first-order valence-electron chi connectivity index (χ1n) is 11.7. The molecule has 2 aromatic heterocycles. The second-order valence-corrected chi connectivity index (χ2v) is 8.55. The molecule has 0 unspecified atom stereocenters. The first kappa shape index (κ1) is 22.3. The van der Waals surface area contributed by atoms with E-state index in [1.54, 1.807) is 0 Å². The fraction of sp³-hybridized carbons (Fsp3) is 0.241. The Morgan fingerprint density at radius 1 is 0.941 bits per heavy atom. The maximum Gasteiger partial charge on any atom is 0.155 e. The van der Waals surface area contributed by atoms with Gasteiger partial charge in [-0.15, -0.1) is 0 Å². The van der Waals surface area contributed by atoms with Gasteiger partial charge in [-0.3, -0.25) is 0 Å². The predicted molar refractivity (Wildman–Crippen MR) is 133 cm³/mol. The van der Waals surface area contributed by atoms with Gasteiger partial charge in [0.05, 0.1) is 12.9 Å². The average molecular weight is 457 g/mol. The lowest BCUT2D eigenvalue weighted by molar-refractivity contribution is -0.0381. The number of ether oxygens (including phenoxy) is 1. The van der Waals surface area contributed by atoms with Crippen LogP contribution in [0.15, 0.2) is 81.8 Å². The lowest BCUT2D eigenvalue weighted by Gasteiger charge is -2.11. The molecule has 0 atom stereocenters. The van der Waals surface area contributed by atoms with Crippen LogP contribution in [-0.2, 0) is 19.3 Å². The third-order valence-corrected chi connectivity index (χ3v) is 6.04. The zero-order chi connectivity index (χ0) is 23.5. The number of rotatable bonds is 9. The van der Waals surface area contributed by atoms with Crippen LogP contribution in [0, 0.1) is 0 Å². The van der Waals surface area contributed by atoms with Crippen molar-refractivity contribution in [1.82, 2.24) is 0 Å². The number of benzene rings is 3. The average Bonchev–Trinajstić information content (AvgIpc) is 3.44. The van der Waals surface area contributed by atoms with Gasteiger partial charge in [-0.05, 0) is 47.9 Å². The Morgan fingerprint density at radius 2 is 1.79 bits per heavy atom. The summed E-state index contributed by atoms with van der Waals surface area (Å²) in [5.74, 6) is 1.68. The van der Waals surface area contributed by atoms with Crippen molar-refractivity contribution in [3.63, 3.8) is 0 Å². The molecule has 0 aliphatic heterocycles. The highest BCUT2D eigenvalue weighted by Crippen LogP contribution is 2.37. The van der Waals surface area contributed by atoms with E-state index < -0.39 is 6.29 Å². The molecule has 5 rings (SSSR count). The Bertz CT molecular complexity index is 1390. The lowest BCUT2D eigenvalue weighted by Crippen LogP contribution is -2.07. The molecule has 5 aromatic rings. The summed E-state index contributed by atoms with van der Waals surface area (Å²) in [7, 11) is 0. The van der Waals surface area contributed by atoms with Crippen LogP contribution in [0.5, 0.6) is 5.75 Å². The molecule has 3 aromatic carbocycles. The molecule has 5 nitrogen and oxygen atoms in total. The summed E-state index contributed by atoms with van der Waals surface area (Å²) in [5.41, 5.74) is 5.86. The van der Waals surface area contributed by atoms with Crippen molar-refractivity contribution < 1.29 is 23.8 Å². The van der Waals surface area contributed by atoms with Crippen molar-refractivity contribution in [2.24, 2.45) is 0 Å². The van der Waals surface area contributed by atoms with Gasteiger partial charge in [-0.2, -0.15) is 0 Å². The molecule has 0 saturated heterocycles. The van der Waals surface area contributed by atoms with Crippen LogP contribution in [0.4, 0.5) is 0 Å². The normalized spacial score (nSPS) is 11.6. The Morgan fingerprint density at radius 3 is 2.59 bits per heavy atom. The summed E-state index contributed by atoms with van der Waals surface area (Å²) >= 11 is 0. The van der Waals surface area contributed by atoms with Crippen molar-refractivity contribution >= 4 is 21.9 Å². The second-order valence-electron chi connectivity index (χ2n) is 8.55. The molecule has 0 radical (unpaired) electrons. The van der Waals surface area contributed by atoms with E-state index in [0.29, 0.717) is 13.0 Å². The Hall–Kier alpha value is -3.54. The molecular weight excluding hydrogens is 428 g/mol. The quantitative estimate of drug-likeness (QED) is 0.256. The van der Waals surface area contributed by atoms with Crippen molar-refractivity contribution in [1.29, 1.82) is 0 Å². The standard InChI is InChI=1S/C29H28O5/c1-2-6-24-27(12-10-23-25(18-33-29(23)24)20-7-4-3-5-8-20)32-14-13-22-17-21-15-19(16-28(30)31)9-11-26(21)34-22/h3-5,7-12,15,17-18,28,30-31H,2,6,13-14,16H2,1H3. The highest BCUT2D eigenvalue weighted by Gasteiger charge is 2.16. The maximum absolute atomic E-state index is 9.20. The molecule has 0 spiro atoms. The largest absolute Gasteiger partial charge is 0.493 e. The third-order valence-electron chi connectivity index (χ3n) is 6.04. The van der Waals surface area contributed by atoms with E-state index in [9.17, 15) is 10.2 Å². The topological polar surface area (TPSA) is 76.0 Å². The fourth-order valence-corrected chi connectivity index (χ4v) is 4.47. The fourth-order valence-electron chi connectivity index (χ4n) is 4.47. The van der Waals surface area contributed by atoms with Gasteiger partial charge >= 0.3 is 0 Å². The number of hydrogen-bond acceptors (Lipinski definition) is 5. The summed E-state index contributed by atoms with van der Waals surface area (Å²) < 4.78 is 18.2. The zero-order valence-electron chi connectivity index (χ0n) is 19.2. The van der Waals surface area contributed by atoms with Gasteiger partial charge in [-0.1, -0.05) is 49.7 Å². The Labute approximate surface area is 198 Å². The van der Waals surface area contributed by atoms with E-state index in [0.717, 1.165) is 68.5 Å². The first-order chi connectivity index (χ1) is 16.6. The lowest BCUT2D eigenvalue weighted by atomic mass is 10.0. The molecule has 2 heterocycles. The Balaban J connectivity index is 1.34. The number of aliphatic hydroxyl groups is 2. The highest BCUT2D eigenvalue weighted by molar-refractivity contribution is 5.96. The number of furan rings is 2. The third kappa shape index (κ3) is 4.58. The SMILES string of the molecule is CCCc1c(OCCc2cc3cc(CC(O)O)ccc3o2)ccc2c(-c3ccccc3)coc12. The minimum Gasteiger partial charge on any atom is -0.493 e. The monoisotopic (exact) mass is 456 g/mol.